The summed E-state index contributed by atoms with van der Waals surface area (Å²) in [7, 11) is 1.83. The van der Waals surface area contributed by atoms with Crippen molar-refractivity contribution in [1.82, 2.24) is 10.3 Å². The lowest BCUT2D eigenvalue weighted by Crippen LogP contribution is -2.19. The lowest BCUT2D eigenvalue weighted by Gasteiger charge is -2.17. The third kappa shape index (κ3) is 4.04. The van der Waals surface area contributed by atoms with Gasteiger partial charge in [-0.15, -0.1) is 0 Å². The summed E-state index contributed by atoms with van der Waals surface area (Å²) in [6.45, 7) is 1.96. The normalized spacial score (nSPS) is 13.2. The number of likely N-dealkylation sites (N-methyl/N-ethyl adjacent to an activating group) is 1. The van der Waals surface area contributed by atoms with Crippen molar-refractivity contribution in [2.75, 3.05) is 7.05 Å². The Labute approximate surface area is 122 Å². The van der Waals surface area contributed by atoms with Crippen molar-refractivity contribution in [2.45, 2.75) is 25.6 Å². The Morgan fingerprint density at radius 2 is 1.81 bits per heavy atom. The Morgan fingerprint density at radius 1 is 1.14 bits per heavy atom. The van der Waals surface area contributed by atoms with Crippen LogP contribution >= 0.6 is 0 Å². The molecule has 1 heterocycles. The predicted octanol–water partition coefficient (Wildman–Crippen LogP) is 3.91. The molecule has 1 unspecified atom stereocenters. The van der Waals surface area contributed by atoms with Crippen LogP contribution in [0, 0.1) is 6.92 Å². The predicted molar refractivity (Wildman–Crippen MR) is 75.9 cm³/mol. The number of aryl methyl sites for hydroxylation is 1. The molecule has 21 heavy (non-hydrogen) atoms. The SMILES string of the molecule is CNC(Cc1ccc(C(F)(F)F)cc1)c1cncc(C)c1. The van der Waals surface area contributed by atoms with Crippen molar-refractivity contribution >= 4 is 0 Å². The summed E-state index contributed by atoms with van der Waals surface area (Å²) in [5.41, 5.74) is 2.31. The first kappa shape index (κ1) is 15.5. The van der Waals surface area contributed by atoms with E-state index in [1.165, 1.54) is 12.1 Å². The summed E-state index contributed by atoms with van der Waals surface area (Å²) in [5.74, 6) is 0. The van der Waals surface area contributed by atoms with E-state index in [9.17, 15) is 13.2 Å². The maximum absolute atomic E-state index is 12.5. The van der Waals surface area contributed by atoms with Crippen LogP contribution in [-0.4, -0.2) is 12.0 Å². The van der Waals surface area contributed by atoms with E-state index in [2.05, 4.69) is 10.3 Å². The second kappa shape index (κ2) is 6.26. The number of rotatable bonds is 4. The summed E-state index contributed by atoms with van der Waals surface area (Å²) in [5, 5.41) is 3.18. The van der Waals surface area contributed by atoms with Crippen LogP contribution in [0.2, 0.25) is 0 Å². The molecule has 0 aliphatic heterocycles. The molecule has 2 nitrogen and oxygen atoms in total. The average Bonchev–Trinajstić information content (AvgIpc) is 2.44. The minimum atomic E-state index is -4.29. The van der Waals surface area contributed by atoms with Crippen LogP contribution in [-0.2, 0) is 12.6 Å². The van der Waals surface area contributed by atoms with Crippen LogP contribution in [0.5, 0.6) is 0 Å². The first-order chi connectivity index (χ1) is 9.90. The van der Waals surface area contributed by atoms with Crippen LogP contribution in [0.15, 0.2) is 42.7 Å². The van der Waals surface area contributed by atoms with E-state index in [1.54, 1.807) is 12.4 Å². The Bertz CT molecular complexity index is 591. The van der Waals surface area contributed by atoms with Gasteiger partial charge in [-0.1, -0.05) is 18.2 Å². The smallest absolute Gasteiger partial charge is 0.313 e. The highest BCUT2D eigenvalue weighted by Crippen LogP contribution is 2.29. The number of halogens is 3. The zero-order valence-corrected chi connectivity index (χ0v) is 11.9. The summed E-state index contributed by atoms with van der Waals surface area (Å²) >= 11 is 0. The number of nitrogens with zero attached hydrogens (tertiary/aromatic N) is 1. The molecule has 0 fully saturated rings. The van der Waals surface area contributed by atoms with Crippen molar-refractivity contribution < 1.29 is 13.2 Å². The minimum Gasteiger partial charge on any atom is -0.313 e. The number of benzene rings is 1. The molecule has 5 heteroatoms. The second-order valence-electron chi connectivity index (χ2n) is 5.04. The lowest BCUT2D eigenvalue weighted by atomic mass is 9.98. The summed E-state index contributed by atoms with van der Waals surface area (Å²) < 4.78 is 37.6. The molecule has 112 valence electrons. The Kier molecular flexibility index (Phi) is 4.63. The van der Waals surface area contributed by atoms with Crippen LogP contribution in [0.3, 0.4) is 0 Å². The van der Waals surface area contributed by atoms with Crippen molar-refractivity contribution in [2.24, 2.45) is 0 Å². The van der Waals surface area contributed by atoms with Crippen LogP contribution in [0.25, 0.3) is 0 Å². The Morgan fingerprint density at radius 3 is 2.33 bits per heavy atom. The van der Waals surface area contributed by atoms with Gasteiger partial charge in [0.05, 0.1) is 5.56 Å². The minimum absolute atomic E-state index is 0.0223. The molecule has 0 saturated carbocycles. The summed E-state index contributed by atoms with van der Waals surface area (Å²) in [4.78, 5) is 4.15. The standard InChI is InChI=1S/C16H17F3N2/c1-11-7-13(10-21-9-11)15(20-2)8-12-3-5-14(6-4-12)16(17,18)19/h3-7,9-10,15,20H,8H2,1-2H3. The van der Waals surface area contributed by atoms with E-state index in [-0.39, 0.29) is 6.04 Å². The van der Waals surface area contributed by atoms with Gasteiger partial charge >= 0.3 is 6.18 Å². The number of alkyl halides is 3. The molecule has 1 aromatic carbocycles. The molecular weight excluding hydrogens is 277 g/mol. The highest BCUT2D eigenvalue weighted by Gasteiger charge is 2.30. The van der Waals surface area contributed by atoms with Crippen molar-refractivity contribution in [3.63, 3.8) is 0 Å². The van der Waals surface area contributed by atoms with Crippen LogP contribution in [0.1, 0.15) is 28.3 Å². The van der Waals surface area contributed by atoms with E-state index in [0.717, 1.165) is 28.8 Å². The number of nitrogens with one attached hydrogen (secondary N) is 1. The van der Waals surface area contributed by atoms with Gasteiger partial charge in [-0.05, 0) is 49.2 Å². The third-order valence-electron chi connectivity index (χ3n) is 3.37. The fourth-order valence-corrected chi connectivity index (χ4v) is 2.22. The highest BCUT2D eigenvalue weighted by atomic mass is 19.4. The van der Waals surface area contributed by atoms with Gasteiger partial charge in [0, 0.05) is 18.4 Å². The largest absolute Gasteiger partial charge is 0.416 e. The first-order valence-electron chi connectivity index (χ1n) is 6.65. The van der Waals surface area contributed by atoms with Crippen molar-refractivity contribution in [1.29, 1.82) is 0 Å². The number of aromatic nitrogens is 1. The first-order valence-corrected chi connectivity index (χ1v) is 6.65. The molecule has 0 aliphatic carbocycles. The quantitative estimate of drug-likeness (QED) is 0.924. The molecule has 0 amide bonds. The average molecular weight is 294 g/mol. The van der Waals surface area contributed by atoms with Gasteiger partial charge in [0.2, 0.25) is 0 Å². The zero-order chi connectivity index (χ0) is 15.5. The molecule has 0 spiro atoms. The van der Waals surface area contributed by atoms with Gasteiger partial charge < -0.3 is 5.32 Å². The monoisotopic (exact) mass is 294 g/mol. The van der Waals surface area contributed by atoms with Gasteiger partial charge in [0.25, 0.3) is 0 Å². The summed E-state index contributed by atoms with van der Waals surface area (Å²) in [6, 6.07) is 7.34. The van der Waals surface area contributed by atoms with Gasteiger partial charge in [-0.25, -0.2) is 0 Å². The lowest BCUT2D eigenvalue weighted by molar-refractivity contribution is -0.137. The molecule has 0 radical (unpaired) electrons. The topological polar surface area (TPSA) is 24.9 Å². The third-order valence-corrected chi connectivity index (χ3v) is 3.37. The van der Waals surface area contributed by atoms with Gasteiger partial charge in [0.15, 0.2) is 0 Å². The van der Waals surface area contributed by atoms with E-state index in [1.807, 2.05) is 20.0 Å². The number of hydrogen-bond acceptors (Lipinski definition) is 2. The number of pyridine rings is 1. The molecule has 0 aliphatic rings. The highest BCUT2D eigenvalue weighted by molar-refractivity contribution is 5.28. The summed E-state index contributed by atoms with van der Waals surface area (Å²) in [6.07, 6.45) is -0.131. The van der Waals surface area contributed by atoms with Crippen LogP contribution < -0.4 is 5.32 Å². The second-order valence-corrected chi connectivity index (χ2v) is 5.04. The van der Waals surface area contributed by atoms with Crippen molar-refractivity contribution in [3.05, 3.63) is 65.0 Å². The zero-order valence-electron chi connectivity index (χ0n) is 11.9. The maximum Gasteiger partial charge on any atom is 0.416 e. The number of hydrogen-bond donors (Lipinski definition) is 1. The van der Waals surface area contributed by atoms with E-state index < -0.39 is 11.7 Å². The van der Waals surface area contributed by atoms with E-state index >= 15 is 0 Å². The molecule has 1 aromatic heterocycles. The maximum atomic E-state index is 12.5. The Hall–Kier alpha value is -1.88. The molecular formula is C16H17F3N2. The van der Waals surface area contributed by atoms with E-state index in [4.69, 9.17) is 0 Å². The Balaban J connectivity index is 2.15. The molecule has 0 bridgehead atoms. The molecule has 2 aromatic rings. The van der Waals surface area contributed by atoms with Crippen LogP contribution in [0.4, 0.5) is 13.2 Å². The fraction of sp³-hybridized carbons (Fsp3) is 0.312. The molecule has 1 N–H and O–H groups in total. The van der Waals surface area contributed by atoms with Crippen molar-refractivity contribution in [3.8, 4) is 0 Å². The molecule has 1 atom stereocenters. The fourth-order valence-electron chi connectivity index (χ4n) is 2.22. The van der Waals surface area contributed by atoms with Gasteiger partial charge in [-0.2, -0.15) is 13.2 Å². The molecule has 0 saturated heterocycles. The van der Waals surface area contributed by atoms with Gasteiger partial charge in [0.1, 0.15) is 0 Å². The molecule has 2 rings (SSSR count). The van der Waals surface area contributed by atoms with E-state index in [0.29, 0.717) is 6.42 Å². The van der Waals surface area contributed by atoms with Gasteiger partial charge in [-0.3, -0.25) is 4.98 Å².